The van der Waals surface area contributed by atoms with Crippen LogP contribution in [0.1, 0.15) is 25.7 Å². The molecule has 16 heavy (non-hydrogen) atoms. The zero-order valence-corrected chi connectivity index (χ0v) is 11.2. The molecule has 1 N–H and O–H groups in total. The SMILES string of the molecule is O=C1CCCCC1=CNc1ccc(I)cc1. The summed E-state index contributed by atoms with van der Waals surface area (Å²) in [6.07, 6.45) is 5.66. The van der Waals surface area contributed by atoms with Gasteiger partial charge in [0.05, 0.1) is 0 Å². The number of anilines is 1. The van der Waals surface area contributed by atoms with E-state index in [1.807, 2.05) is 30.5 Å². The number of carbonyl (C=O) groups is 1. The fraction of sp³-hybridized carbons (Fsp3) is 0.308. The van der Waals surface area contributed by atoms with Gasteiger partial charge < -0.3 is 5.32 Å². The highest BCUT2D eigenvalue weighted by molar-refractivity contribution is 14.1. The molecule has 0 radical (unpaired) electrons. The lowest BCUT2D eigenvalue weighted by molar-refractivity contribution is -0.116. The van der Waals surface area contributed by atoms with Crippen LogP contribution in [0, 0.1) is 3.57 Å². The summed E-state index contributed by atoms with van der Waals surface area (Å²) >= 11 is 2.27. The highest BCUT2D eigenvalue weighted by Gasteiger charge is 2.14. The van der Waals surface area contributed by atoms with Gasteiger partial charge in [-0.15, -0.1) is 0 Å². The number of carbonyl (C=O) groups excluding carboxylic acids is 1. The molecule has 1 aromatic carbocycles. The Morgan fingerprint density at radius 3 is 2.50 bits per heavy atom. The zero-order chi connectivity index (χ0) is 11.4. The molecule has 1 aromatic rings. The predicted octanol–water partition coefficient (Wildman–Crippen LogP) is 3.73. The van der Waals surface area contributed by atoms with Crippen molar-refractivity contribution in [3.05, 3.63) is 39.6 Å². The summed E-state index contributed by atoms with van der Waals surface area (Å²) in [5, 5.41) is 3.19. The fourth-order valence-electron chi connectivity index (χ4n) is 1.77. The summed E-state index contributed by atoms with van der Waals surface area (Å²) in [7, 11) is 0. The summed E-state index contributed by atoms with van der Waals surface area (Å²) in [6, 6.07) is 8.13. The summed E-state index contributed by atoms with van der Waals surface area (Å²) < 4.78 is 1.21. The number of allylic oxidation sites excluding steroid dienone is 1. The Balaban J connectivity index is 2.02. The van der Waals surface area contributed by atoms with Gasteiger partial charge >= 0.3 is 0 Å². The molecule has 0 aliphatic heterocycles. The van der Waals surface area contributed by atoms with Crippen LogP contribution in [0.15, 0.2) is 36.0 Å². The molecular weight excluding hydrogens is 313 g/mol. The van der Waals surface area contributed by atoms with E-state index in [-0.39, 0.29) is 0 Å². The maximum absolute atomic E-state index is 11.6. The van der Waals surface area contributed by atoms with Gasteiger partial charge in [0.15, 0.2) is 5.78 Å². The van der Waals surface area contributed by atoms with Crippen LogP contribution in [0.3, 0.4) is 0 Å². The maximum atomic E-state index is 11.6. The third kappa shape index (κ3) is 3.07. The Morgan fingerprint density at radius 1 is 1.12 bits per heavy atom. The van der Waals surface area contributed by atoms with Crippen LogP contribution >= 0.6 is 22.6 Å². The molecule has 0 amide bonds. The summed E-state index contributed by atoms with van der Waals surface area (Å²) in [5.74, 6) is 0.296. The molecule has 2 nitrogen and oxygen atoms in total. The normalized spacial score (nSPS) is 18.8. The van der Waals surface area contributed by atoms with E-state index in [1.165, 1.54) is 3.57 Å². The van der Waals surface area contributed by atoms with Gasteiger partial charge in [0, 0.05) is 27.5 Å². The van der Waals surface area contributed by atoms with Crippen molar-refractivity contribution in [1.29, 1.82) is 0 Å². The van der Waals surface area contributed by atoms with E-state index in [0.717, 1.165) is 30.5 Å². The first-order valence-corrected chi connectivity index (χ1v) is 6.58. The molecule has 0 aromatic heterocycles. The minimum Gasteiger partial charge on any atom is -0.361 e. The van der Waals surface area contributed by atoms with Crippen molar-refractivity contribution >= 4 is 34.1 Å². The Kier molecular flexibility index (Phi) is 3.98. The molecule has 84 valence electrons. The van der Waals surface area contributed by atoms with E-state index in [1.54, 1.807) is 0 Å². The van der Waals surface area contributed by atoms with E-state index in [9.17, 15) is 4.79 Å². The highest BCUT2D eigenvalue weighted by Crippen LogP contribution is 2.20. The predicted molar refractivity (Wildman–Crippen MR) is 74.3 cm³/mol. The number of nitrogens with one attached hydrogen (secondary N) is 1. The fourth-order valence-corrected chi connectivity index (χ4v) is 2.13. The second-order valence-electron chi connectivity index (χ2n) is 3.95. The molecule has 3 heteroatoms. The van der Waals surface area contributed by atoms with Gasteiger partial charge in [-0.3, -0.25) is 4.79 Å². The van der Waals surface area contributed by atoms with Crippen LogP contribution in [0.25, 0.3) is 0 Å². The Labute approximate surface area is 109 Å². The topological polar surface area (TPSA) is 29.1 Å². The lowest BCUT2D eigenvalue weighted by Gasteiger charge is -2.12. The number of benzene rings is 1. The van der Waals surface area contributed by atoms with Gasteiger partial charge in [0.2, 0.25) is 0 Å². The number of rotatable bonds is 2. The zero-order valence-electron chi connectivity index (χ0n) is 9.00. The molecule has 0 heterocycles. The van der Waals surface area contributed by atoms with Crippen molar-refractivity contribution in [2.75, 3.05) is 5.32 Å². The van der Waals surface area contributed by atoms with Crippen molar-refractivity contribution in [3.8, 4) is 0 Å². The monoisotopic (exact) mass is 327 g/mol. The minimum absolute atomic E-state index is 0.296. The van der Waals surface area contributed by atoms with Crippen LogP contribution in [-0.2, 0) is 4.79 Å². The Morgan fingerprint density at radius 2 is 1.81 bits per heavy atom. The van der Waals surface area contributed by atoms with Gasteiger partial charge in [-0.05, 0) is 66.1 Å². The summed E-state index contributed by atoms with van der Waals surface area (Å²) in [4.78, 5) is 11.6. The van der Waals surface area contributed by atoms with Gasteiger partial charge in [-0.25, -0.2) is 0 Å². The van der Waals surface area contributed by atoms with Crippen LogP contribution in [0.2, 0.25) is 0 Å². The third-order valence-electron chi connectivity index (χ3n) is 2.72. The summed E-state index contributed by atoms with van der Waals surface area (Å²) in [6.45, 7) is 0. The van der Waals surface area contributed by atoms with Crippen molar-refractivity contribution in [2.45, 2.75) is 25.7 Å². The maximum Gasteiger partial charge on any atom is 0.160 e. The van der Waals surface area contributed by atoms with Crippen molar-refractivity contribution in [2.24, 2.45) is 0 Å². The molecule has 1 aliphatic rings. The average molecular weight is 327 g/mol. The summed E-state index contributed by atoms with van der Waals surface area (Å²) in [5.41, 5.74) is 1.97. The van der Waals surface area contributed by atoms with E-state index in [0.29, 0.717) is 12.2 Å². The first-order valence-electron chi connectivity index (χ1n) is 5.50. The first kappa shape index (κ1) is 11.6. The number of halogens is 1. The third-order valence-corrected chi connectivity index (χ3v) is 3.43. The lowest BCUT2D eigenvalue weighted by Crippen LogP contribution is -2.09. The number of Topliss-reactive ketones (excluding diaryl/α,β-unsaturated/α-hetero) is 1. The van der Waals surface area contributed by atoms with Gasteiger partial charge in [-0.2, -0.15) is 0 Å². The van der Waals surface area contributed by atoms with Crippen LogP contribution in [0.5, 0.6) is 0 Å². The van der Waals surface area contributed by atoms with E-state index in [2.05, 4.69) is 27.9 Å². The van der Waals surface area contributed by atoms with Gasteiger partial charge in [0.1, 0.15) is 0 Å². The van der Waals surface area contributed by atoms with Crippen molar-refractivity contribution in [1.82, 2.24) is 0 Å². The van der Waals surface area contributed by atoms with Crippen LogP contribution in [0.4, 0.5) is 5.69 Å². The van der Waals surface area contributed by atoms with E-state index >= 15 is 0 Å². The molecule has 2 rings (SSSR count). The molecule has 1 aliphatic carbocycles. The van der Waals surface area contributed by atoms with Crippen molar-refractivity contribution in [3.63, 3.8) is 0 Å². The lowest BCUT2D eigenvalue weighted by atomic mass is 9.94. The standard InChI is InChI=1S/C13H14INO/c14-11-5-7-12(8-6-11)15-9-10-3-1-2-4-13(10)16/h5-9,15H,1-4H2. The quantitative estimate of drug-likeness (QED) is 0.662. The Hall–Kier alpha value is -0.840. The Bertz CT molecular complexity index is 408. The van der Waals surface area contributed by atoms with E-state index < -0.39 is 0 Å². The molecule has 0 saturated heterocycles. The molecular formula is C13H14INO. The highest BCUT2D eigenvalue weighted by atomic mass is 127. The minimum atomic E-state index is 0.296. The molecule has 1 saturated carbocycles. The average Bonchev–Trinajstić information content (AvgIpc) is 2.30. The molecule has 0 atom stereocenters. The largest absolute Gasteiger partial charge is 0.361 e. The van der Waals surface area contributed by atoms with Crippen LogP contribution < -0.4 is 5.32 Å². The molecule has 0 unspecified atom stereocenters. The molecule has 1 fully saturated rings. The second kappa shape index (κ2) is 5.48. The van der Waals surface area contributed by atoms with Gasteiger partial charge in [-0.1, -0.05) is 0 Å². The number of hydrogen-bond acceptors (Lipinski definition) is 2. The number of hydrogen-bond donors (Lipinski definition) is 1. The smallest absolute Gasteiger partial charge is 0.160 e. The second-order valence-corrected chi connectivity index (χ2v) is 5.20. The van der Waals surface area contributed by atoms with Crippen molar-refractivity contribution < 1.29 is 4.79 Å². The number of ketones is 1. The molecule has 0 spiro atoms. The first-order chi connectivity index (χ1) is 7.75. The molecule has 0 bridgehead atoms. The van der Waals surface area contributed by atoms with Gasteiger partial charge in [0.25, 0.3) is 0 Å². The van der Waals surface area contributed by atoms with Crippen LogP contribution in [-0.4, -0.2) is 5.78 Å². The van der Waals surface area contributed by atoms with E-state index in [4.69, 9.17) is 0 Å².